The summed E-state index contributed by atoms with van der Waals surface area (Å²) in [4.78, 5) is 30.7. The highest BCUT2D eigenvalue weighted by molar-refractivity contribution is 5.94. The van der Waals surface area contributed by atoms with Gasteiger partial charge in [0.15, 0.2) is 0 Å². The SMILES string of the molecule is C[C@H]1CCc2c(ccc3c2nc(Cn2ccccc2=O)n3[C@@H]2CCC[C@@H](O)C2)N1C(=O)O. The zero-order chi connectivity index (χ0) is 22.4. The Kier molecular flexibility index (Phi) is 5.25. The first kappa shape index (κ1) is 20.8. The molecule has 5 rings (SSSR count). The minimum absolute atomic E-state index is 0.0876. The summed E-state index contributed by atoms with van der Waals surface area (Å²) in [6.45, 7) is 2.26. The number of amides is 1. The summed E-state index contributed by atoms with van der Waals surface area (Å²) in [7, 11) is 0. The van der Waals surface area contributed by atoms with Gasteiger partial charge in [-0.2, -0.15) is 0 Å². The zero-order valence-electron chi connectivity index (χ0n) is 18.1. The fourth-order valence-corrected chi connectivity index (χ4v) is 5.37. The van der Waals surface area contributed by atoms with Crippen molar-refractivity contribution in [1.82, 2.24) is 14.1 Å². The molecule has 0 saturated heterocycles. The summed E-state index contributed by atoms with van der Waals surface area (Å²) in [6, 6.07) is 8.92. The van der Waals surface area contributed by atoms with Crippen molar-refractivity contribution < 1.29 is 15.0 Å². The first-order valence-corrected chi connectivity index (χ1v) is 11.3. The van der Waals surface area contributed by atoms with Crippen LogP contribution in [0.25, 0.3) is 11.0 Å². The van der Waals surface area contributed by atoms with Crippen LogP contribution >= 0.6 is 0 Å². The van der Waals surface area contributed by atoms with Crippen molar-refractivity contribution in [2.45, 2.75) is 70.2 Å². The lowest BCUT2D eigenvalue weighted by molar-refractivity contribution is 0.104. The van der Waals surface area contributed by atoms with E-state index in [2.05, 4.69) is 4.57 Å². The van der Waals surface area contributed by atoms with Crippen LogP contribution in [0.3, 0.4) is 0 Å². The molecule has 8 heteroatoms. The Balaban J connectivity index is 1.69. The molecular formula is C24H28N4O4. The minimum Gasteiger partial charge on any atom is -0.465 e. The number of hydrogen-bond acceptors (Lipinski definition) is 4. The van der Waals surface area contributed by atoms with Crippen LogP contribution in [0.4, 0.5) is 10.5 Å². The molecule has 1 aromatic carbocycles. The summed E-state index contributed by atoms with van der Waals surface area (Å²) < 4.78 is 3.82. The fourth-order valence-electron chi connectivity index (χ4n) is 5.37. The van der Waals surface area contributed by atoms with E-state index >= 15 is 0 Å². The van der Waals surface area contributed by atoms with Crippen molar-refractivity contribution in [2.24, 2.45) is 0 Å². The number of nitrogens with zero attached hydrogens (tertiary/aromatic N) is 4. The van der Waals surface area contributed by atoms with Crippen LogP contribution in [0.5, 0.6) is 0 Å². The van der Waals surface area contributed by atoms with Gasteiger partial charge in [-0.25, -0.2) is 9.78 Å². The molecule has 1 fully saturated rings. The van der Waals surface area contributed by atoms with E-state index in [1.807, 2.05) is 25.1 Å². The van der Waals surface area contributed by atoms with E-state index in [-0.39, 0.29) is 23.7 Å². The molecule has 2 N–H and O–H groups in total. The summed E-state index contributed by atoms with van der Waals surface area (Å²) in [5.41, 5.74) is 3.30. The van der Waals surface area contributed by atoms with Crippen LogP contribution in [0.15, 0.2) is 41.3 Å². The molecule has 1 aliphatic heterocycles. The molecule has 3 aromatic rings. The minimum atomic E-state index is -0.955. The highest BCUT2D eigenvalue weighted by atomic mass is 16.4. The van der Waals surface area contributed by atoms with Gasteiger partial charge < -0.3 is 19.3 Å². The zero-order valence-corrected chi connectivity index (χ0v) is 18.1. The maximum Gasteiger partial charge on any atom is 0.412 e. The first-order valence-electron chi connectivity index (χ1n) is 11.3. The number of carbonyl (C=O) groups is 1. The lowest BCUT2D eigenvalue weighted by Crippen LogP contribution is -2.41. The van der Waals surface area contributed by atoms with E-state index in [9.17, 15) is 19.8 Å². The molecule has 2 aliphatic rings. The third-order valence-corrected chi connectivity index (χ3v) is 6.93. The normalized spacial score (nSPS) is 23.3. The molecule has 0 spiro atoms. The number of imidazole rings is 1. The Morgan fingerprint density at radius 3 is 2.78 bits per heavy atom. The van der Waals surface area contributed by atoms with Crippen LogP contribution < -0.4 is 10.5 Å². The average molecular weight is 437 g/mol. The quantitative estimate of drug-likeness (QED) is 0.654. The fraction of sp³-hybridized carbons (Fsp3) is 0.458. The van der Waals surface area contributed by atoms with Gasteiger partial charge >= 0.3 is 6.09 Å². The Morgan fingerprint density at radius 1 is 1.19 bits per heavy atom. The Morgan fingerprint density at radius 2 is 2.03 bits per heavy atom. The molecule has 0 bridgehead atoms. The van der Waals surface area contributed by atoms with E-state index < -0.39 is 6.09 Å². The van der Waals surface area contributed by atoms with Gasteiger partial charge in [-0.3, -0.25) is 9.69 Å². The average Bonchev–Trinajstić information content (AvgIpc) is 3.13. The smallest absolute Gasteiger partial charge is 0.412 e. The van der Waals surface area contributed by atoms with Gasteiger partial charge in [0, 0.05) is 29.9 Å². The van der Waals surface area contributed by atoms with Crippen molar-refractivity contribution in [1.29, 1.82) is 0 Å². The third-order valence-electron chi connectivity index (χ3n) is 6.93. The lowest BCUT2D eigenvalue weighted by Gasteiger charge is -2.33. The van der Waals surface area contributed by atoms with Gasteiger partial charge in [0.1, 0.15) is 5.82 Å². The largest absolute Gasteiger partial charge is 0.465 e. The van der Waals surface area contributed by atoms with E-state index in [4.69, 9.17) is 4.98 Å². The topological polar surface area (TPSA) is 101 Å². The number of rotatable bonds is 3. The van der Waals surface area contributed by atoms with Crippen molar-refractivity contribution in [3.05, 3.63) is 58.3 Å². The predicted octanol–water partition coefficient (Wildman–Crippen LogP) is 3.54. The number of carboxylic acid groups (broad SMARTS) is 1. The number of aliphatic hydroxyl groups is 1. The highest BCUT2D eigenvalue weighted by Crippen LogP contribution is 2.39. The second kappa shape index (κ2) is 8.09. The third kappa shape index (κ3) is 3.48. The number of benzene rings is 1. The molecule has 1 amide bonds. The molecule has 1 saturated carbocycles. The van der Waals surface area contributed by atoms with Crippen LogP contribution in [0.2, 0.25) is 0 Å². The van der Waals surface area contributed by atoms with Crippen molar-refractivity contribution >= 4 is 22.8 Å². The molecular weight excluding hydrogens is 408 g/mol. The molecule has 0 radical (unpaired) electrons. The maximum atomic E-state index is 12.4. The van der Waals surface area contributed by atoms with Crippen LogP contribution in [-0.4, -0.2) is 42.6 Å². The van der Waals surface area contributed by atoms with Crippen LogP contribution in [0, 0.1) is 0 Å². The number of fused-ring (bicyclic) bond motifs is 3. The molecule has 3 heterocycles. The maximum absolute atomic E-state index is 12.4. The Labute approximate surface area is 185 Å². The summed E-state index contributed by atoms with van der Waals surface area (Å²) in [6.07, 6.45) is 5.27. The van der Waals surface area contributed by atoms with Gasteiger partial charge in [-0.15, -0.1) is 0 Å². The molecule has 1 aliphatic carbocycles. The van der Waals surface area contributed by atoms with Gasteiger partial charge in [0.25, 0.3) is 5.56 Å². The Hall–Kier alpha value is -3.13. The molecule has 2 aromatic heterocycles. The van der Waals surface area contributed by atoms with Gasteiger partial charge in [-0.1, -0.05) is 6.07 Å². The summed E-state index contributed by atoms with van der Waals surface area (Å²) in [5, 5.41) is 20.1. The molecule has 168 valence electrons. The number of aromatic nitrogens is 3. The van der Waals surface area contributed by atoms with E-state index in [1.54, 1.807) is 16.8 Å². The standard InChI is InChI=1S/C24H28N4O4/c1-15-8-9-18-19(27(15)24(31)32)10-11-20-23(18)25-21(14-26-12-3-2-7-22(26)30)28(20)16-5-4-6-17(29)13-16/h2-3,7,10-12,15-17,29H,4-6,8-9,13-14H2,1H3,(H,31,32)/t15-,16+,17+/m0/s1. The molecule has 3 atom stereocenters. The summed E-state index contributed by atoms with van der Waals surface area (Å²) >= 11 is 0. The predicted molar refractivity (Wildman–Crippen MR) is 121 cm³/mol. The lowest BCUT2D eigenvalue weighted by atomic mass is 9.92. The Bertz CT molecular complexity index is 1230. The molecule has 8 nitrogen and oxygen atoms in total. The van der Waals surface area contributed by atoms with E-state index in [0.29, 0.717) is 18.7 Å². The highest BCUT2D eigenvalue weighted by Gasteiger charge is 2.32. The van der Waals surface area contributed by atoms with Crippen molar-refractivity contribution in [3.8, 4) is 0 Å². The van der Waals surface area contributed by atoms with E-state index in [1.165, 1.54) is 11.0 Å². The van der Waals surface area contributed by atoms with Crippen LogP contribution in [0.1, 0.15) is 56.5 Å². The van der Waals surface area contributed by atoms with Gasteiger partial charge in [0.2, 0.25) is 0 Å². The number of aliphatic hydroxyl groups excluding tert-OH is 1. The number of hydrogen-bond donors (Lipinski definition) is 2. The van der Waals surface area contributed by atoms with Crippen LogP contribution in [-0.2, 0) is 13.0 Å². The molecule has 0 unspecified atom stereocenters. The second-order valence-corrected chi connectivity index (χ2v) is 9.01. The van der Waals surface area contributed by atoms with Crippen molar-refractivity contribution in [2.75, 3.05) is 4.90 Å². The van der Waals surface area contributed by atoms with Crippen molar-refractivity contribution in [3.63, 3.8) is 0 Å². The number of anilines is 1. The summed E-state index contributed by atoms with van der Waals surface area (Å²) in [5.74, 6) is 0.765. The van der Waals surface area contributed by atoms with Gasteiger partial charge in [0.05, 0.1) is 29.4 Å². The van der Waals surface area contributed by atoms with E-state index in [0.717, 1.165) is 54.5 Å². The number of aryl methyl sites for hydroxylation is 1. The van der Waals surface area contributed by atoms with Gasteiger partial charge in [-0.05, 0) is 63.6 Å². The first-order chi connectivity index (χ1) is 15.4. The molecule has 32 heavy (non-hydrogen) atoms. The monoisotopic (exact) mass is 436 g/mol. The number of pyridine rings is 1. The second-order valence-electron chi connectivity index (χ2n) is 9.01.